The second-order valence-corrected chi connectivity index (χ2v) is 7.73. The zero-order valence-electron chi connectivity index (χ0n) is 21.6. The monoisotopic (exact) mass is 520 g/mol. The molecule has 0 aliphatic carbocycles. The number of hydrogen-bond donors (Lipinski definition) is 1. The lowest BCUT2D eigenvalue weighted by molar-refractivity contribution is -0.384. The molecule has 1 amide bonds. The molecule has 0 saturated carbocycles. The first-order valence-electron chi connectivity index (χ1n) is 11.3. The van der Waals surface area contributed by atoms with Crippen molar-refractivity contribution in [2.24, 2.45) is 0 Å². The zero-order chi connectivity index (χ0) is 27.7. The molecular formula is C28H28N2O8. The topological polar surface area (TPSA) is 118 Å². The molecule has 0 radical (unpaired) electrons. The van der Waals surface area contributed by atoms with E-state index < -0.39 is 10.8 Å². The maximum atomic E-state index is 12.8. The molecule has 0 fully saturated rings. The van der Waals surface area contributed by atoms with Gasteiger partial charge in [-0.25, -0.2) is 0 Å². The second kappa shape index (κ2) is 12.8. The number of anilines is 1. The first-order chi connectivity index (χ1) is 18.3. The summed E-state index contributed by atoms with van der Waals surface area (Å²) in [7, 11) is 7.57. The van der Waals surface area contributed by atoms with Crippen molar-refractivity contribution in [3.8, 4) is 28.7 Å². The van der Waals surface area contributed by atoms with Crippen molar-refractivity contribution in [3.63, 3.8) is 0 Å². The van der Waals surface area contributed by atoms with Crippen LogP contribution in [0.15, 0.2) is 54.6 Å². The van der Waals surface area contributed by atoms with Crippen LogP contribution in [0.1, 0.15) is 16.7 Å². The van der Waals surface area contributed by atoms with E-state index in [-0.39, 0.29) is 5.69 Å². The zero-order valence-corrected chi connectivity index (χ0v) is 21.6. The number of nitrogens with one attached hydrogen (secondary N) is 1. The summed E-state index contributed by atoms with van der Waals surface area (Å²) in [6, 6.07) is 13.0. The molecule has 3 rings (SSSR count). The first kappa shape index (κ1) is 27.6. The highest BCUT2D eigenvalue weighted by atomic mass is 16.6. The number of ether oxygens (including phenoxy) is 5. The lowest BCUT2D eigenvalue weighted by Gasteiger charge is -2.16. The van der Waals surface area contributed by atoms with Crippen LogP contribution in [0.2, 0.25) is 0 Å². The molecule has 0 aliphatic rings. The Morgan fingerprint density at radius 3 is 2.00 bits per heavy atom. The lowest BCUT2D eigenvalue weighted by Crippen LogP contribution is -2.11. The standard InChI is InChI=1S/C28H28N2O8/c1-34-22-13-12-20(11-9-19-16-23(35-2)27(37-4)24(17-19)36-3)26(28(22)38-5)29-25(31)14-10-18-7-6-8-21(15-18)30(32)33/h6-17H,1-5H3,(H,29,31)/b11-9?,14-10+. The Balaban J connectivity index is 1.96. The van der Waals surface area contributed by atoms with Gasteiger partial charge in [0.15, 0.2) is 23.0 Å². The molecule has 198 valence electrons. The van der Waals surface area contributed by atoms with Gasteiger partial charge in [0.2, 0.25) is 11.7 Å². The minimum atomic E-state index is -0.495. The molecule has 0 aliphatic heterocycles. The highest BCUT2D eigenvalue weighted by Crippen LogP contribution is 2.41. The van der Waals surface area contributed by atoms with Crippen LogP contribution in [0.25, 0.3) is 18.2 Å². The summed E-state index contributed by atoms with van der Waals surface area (Å²) in [4.78, 5) is 23.4. The number of methoxy groups -OCH3 is 5. The summed E-state index contributed by atoms with van der Waals surface area (Å²) in [5, 5.41) is 13.8. The maximum Gasteiger partial charge on any atom is 0.270 e. The van der Waals surface area contributed by atoms with Crippen LogP contribution >= 0.6 is 0 Å². The van der Waals surface area contributed by atoms with Crippen molar-refractivity contribution in [3.05, 3.63) is 81.4 Å². The Morgan fingerprint density at radius 2 is 1.42 bits per heavy atom. The highest BCUT2D eigenvalue weighted by molar-refractivity contribution is 6.04. The number of nitro benzene ring substituents is 1. The second-order valence-electron chi connectivity index (χ2n) is 7.73. The van der Waals surface area contributed by atoms with E-state index in [1.807, 2.05) is 6.08 Å². The number of hydrogen-bond acceptors (Lipinski definition) is 8. The van der Waals surface area contributed by atoms with Crippen LogP contribution in [-0.2, 0) is 4.79 Å². The molecule has 10 heteroatoms. The lowest BCUT2D eigenvalue weighted by atomic mass is 10.1. The SMILES string of the molecule is COc1cc(C=Cc2ccc(OC)c(OC)c2NC(=O)/C=C/c2cccc([N+](=O)[O-])c2)cc(OC)c1OC. The van der Waals surface area contributed by atoms with Crippen LogP contribution in [-0.4, -0.2) is 46.4 Å². The Hall–Kier alpha value is -4.99. The molecule has 3 aromatic carbocycles. The van der Waals surface area contributed by atoms with Gasteiger partial charge in [-0.2, -0.15) is 0 Å². The summed E-state index contributed by atoms with van der Waals surface area (Å²) in [5.41, 5.74) is 2.21. The van der Waals surface area contributed by atoms with Crippen molar-refractivity contribution in [2.45, 2.75) is 0 Å². The van der Waals surface area contributed by atoms with Gasteiger partial charge in [0.25, 0.3) is 5.69 Å². The van der Waals surface area contributed by atoms with E-state index in [0.29, 0.717) is 45.6 Å². The van der Waals surface area contributed by atoms with Crippen LogP contribution in [0.5, 0.6) is 28.7 Å². The Kier molecular flexibility index (Phi) is 9.31. The number of amides is 1. The summed E-state index contributed by atoms with van der Waals surface area (Å²) in [6.07, 6.45) is 6.38. The number of rotatable bonds is 11. The van der Waals surface area contributed by atoms with Crippen molar-refractivity contribution >= 4 is 35.5 Å². The average Bonchev–Trinajstić information content (AvgIpc) is 2.94. The molecule has 0 atom stereocenters. The third-order valence-electron chi connectivity index (χ3n) is 5.48. The van der Waals surface area contributed by atoms with Gasteiger partial charge in [0.1, 0.15) is 0 Å². The fourth-order valence-electron chi connectivity index (χ4n) is 3.67. The number of nitrogens with zero attached hydrogens (tertiary/aromatic N) is 1. The van der Waals surface area contributed by atoms with Crippen LogP contribution in [0, 0.1) is 10.1 Å². The van der Waals surface area contributed by atoms with Crippen molar-refractivity contribution in [1.82, 2.24) is 0 Å². The smallest absolute Gasteiger partial charge is 0.270 e. The Bertz CT molecular complexity index is 1360. The summed E-state index contributed by atoms with van der Waals surface area (Å²) in [5.74, 6) is 1.76. The van der Waals surface area contributed by atoms with Gasteiger partial charge in [0, 0.05) is 23.8 Å². The van der Waals surface area contributed by atoms with Crippen molar-refractivity contribution < 1.29 is 33.4 Å². The van der Waals surface area contributed by atoms with Gasteiger partial charge in [-0.05, 0) is 41.5 Å². The fourth-order valence-corrected chi connectivity index (χ4v) is 3.67. The summed E-state index contributed by atoms with van der Waals surface area (Å²) < 4.78 is 27.2. The number of carbonyl (C=O) groups is 1. The first-order valence-corrected chi connectivity index (χ1v) is 11.3. The van der Waals surface area contributed by atoms with Crippen LogP contribution in [0.4, 0.5) is 11.4 Å². The van der Waals surface area contributed by atoms with Crippen molar-refractivity contribution in [1.29, 1.82) is 0 Å². The van der Waals surface area contributed by atoms with Gasteiger partial charge in [0.05, 0.1) is 46.2 Å². The maximum absolute atomic E-state index is 12.8. The van der Waals surface area contributed by atoms with E-state index in [1.54, 1.807) is 42.5 Å². The van der Waals surface area contributed by atoms with E-state index in [0.717, 1.165) is 5.56 Å². The highest BCUT2D eigenvalue weighted by Gasteiger charge is 2.16. The van der Waals surface area contributed by atoms with Gasteiger partial charge in [-0.15, -0.1) is 0 Å². The molecule has 10 nitrogen and oxygen atoms in total. The van der Waals surface area contributed by atoms with Gasteiger partial charge >= 0.3 is 0 Å². The van der Waals surface area contributed by atoms with Crippen LogP contribution in [0.3, 0.4) is 0 Å². The van der Waals surface area contributed by atoms with Crippen molar-refractivity contribution in [2.75, 3.05) is 40.9 Å². The summed E-state index contributed by atoms with van der Waals surface area (Å²) in [6.45, 7) is 0. The number of carbonyl (C=O) groups excluding carboxylic acids is 1. The van der Waals surface area contributed by atoms with E-state index in [1.165, 1.54) is 59.8 Å². The average molecular weight is 521 g/mol. The van der Waals surface area contributed by atoms with E-state index in [4.69, 9.17) is 23.7 Å². The Labute approximate surface area is 220 Å². The molecule has 0 aromatic heterocycles. The van der Waals surface area contributed by atoms with Gasteiger partial charge < -0.3 is 29.0 Å². The largest absolute Gasteiger partial charge is 0.493 e. The number of benzene rings is 3. The molecule has 0 spiro atoms. The van der Waals surface area contributed by atoms with E-state index >= 15 is 0 Å². The Morgan fingerprint density at radius 1 is 0.763 bits per heavy atom. The molecule has 0 bridgehead atoms. The van der Waals surface area contributed by atoms with E-state index in [2.05, 4.69) is 5.32 Å². The third kappa shape index (κ3) is 6.41. The fraction of sp³-hybridized carbons (Fsp3) is 0.179. The van der Waals surface area contributed by atoms with Gasteiger partial charge in [-0.1, -0.05) is 24.3 Å². The van der Waals surface area contributed by atoms with E-state index in [9.17, 15) is 14.9 Å². The van der Waals surface area contributed by atoms with Gasteiger partial charge in [-0.3, -0.25) is 14.9 Å². The molecule has 38 heavy (non-hydrogen) atoms. The minimum absolute atomic E-state index is 0.0683. The predicted molar refractivity (Wildman–Crippen MR) is 145 cm³/mol. The minimum Gasteiger partial charge on any atom is -0.493 e. The molecule has 0 saturated heterocycles. The normalized spacial score (nSPS) is 10.9. The molecule has 3 aromatic rings. The third-order valence-corrected chi connectivity index (χ3v) is 5.48. The number of nitro groups is 1. The predicted octanol–water partition coefficient (Wildman–Crippen LogP) is 5.46. The quantitative estimate of drug-likeness (QED) is 0.153. The summed E-state index contributed by atoms with van der Waals surface area (Å²) >= 11 is 0. The molecular weight excluding hydrogens is 492 g/mol. The number of non-ortho nitro benzene ring substituents is 1. The molecule has 1 N–H and O–H groups in total. The molecule has 0 unspecified atom stereocenters. The molecule has 0 heterocycles. The van der Waals surface area contributed by atoms with Crippen LogP contribution < -0.4 is 29.0 Å².